The minimum Gasteiger partial charge on any atom is -0.497 e. The standard InChI is InChI=1S/C26H24N6O4S2/c1-16-12-24(28-17(2)27-16)31-38(34,35)22-10-6-19(7-11-22)29-25(33)13-20-15-37-26-30-23(14-32(20)26)18-4-8-21(36-3)9-5-18/h4-12,14-15H,13H2,1-3H3,(H,29,33)(H,27,28,31). The van der Waals surface area contributed by atoms with Gasteiger partial charge in [-0.1, -0.05) is 0 Å². The molecule has 3 aromatic heterocycles. The molecule has 194 valence electrons. The predicted molar refractivity (Wildman–Crippen MR) is 146 cm³/mol. The van der Waals surface area contributed by atoms with Gasteiger partial charge in [0, 0.05) is 40.3 Å². The number of aryl methyl sites for hydroxylation is 2. The van der Waals surface area contributed by atoms with E-state index < -0.39 is 10.0 Å². The van der Waals surface area contributed by atoms with Gasteiger partial charge in [0.15, 0.2) is 4.96 Å². The van der Waals surface area contributed by atoms with Crippen LogP contribution in [-0.2, 0) is 21.2 Å². The molecule has 0 aliphatic carbocycles. The molecule has 0 saturated carbocycles. The van der Waals surface area contributed by atoms with Crippen LogP contribution in [0.5, 0.6) is 5.75 Å². The van der Waals surface area contributed by atoms with Crippen molar-refractivity contribution in [2.45, 2.75) is 25.2 Å². The number of nitrogens with one attached hydrogen (secondary N) is 2. The van der Waals surface area contributed by atoms with Gasteiger partial charge in [0.05, 0.1) is 24.1 Å². The highest BCUT2D eigenvalue weighted by molar-refractivity contribution is 7.92. The smallest absolute Gasteiger partial charge is 0.263 e. The maximum Gasteiger partial charge on any atom is 0.263 e. The average Bonchev–Trinajstić information content (AvgIpc) is 3.45. The fraction of sp³-hybridized carbons (Fsp3) is 0.154. The molecule has 2 N–H and O–H groups in total. The molecule has 0 bridgehead atoms. The van der Waals surface area contributed by atoms with Gasteiger partial charge >= 0.3 is 0 Å². The number of benzene rings is 2. The predicted octanol–water partition coefficient (Wildman–Crippen LogP) is 4.46. The summed E-state index contributed by atoms with van der Waals surface area (Å²) in [5.74, 6) is 1.20. The first-order valence-electron chi connectivity index (χ1n) is 11.5. The molecule has 38 heavy (non-hydrogen) atoms. The van der Waals surface area contributed by atoms with Gasteiger partial charge in [-0.05, 0) is 62.4 Å². The fourth-order valence-corrected chi connectivity index (χ4v) is 5.78. The molecule has 5 aromatic rings. The van der Waals surface area contributed by atoms with Crippen LogP contribution in [0.4, 0.5) is 11.5 Å². The van der Waals surface area contributed by atoms with Crippen LogP contribution in [0.2, 0.25) is 0 Å². The van der Waals surface area contributed by atoms with Crippen LogP contribution in [0.25, 0.3) is 16.2 Å². The first-order valence-corrected chi connectivity index (χ1v) is 13.9. The molecule has 0 aliphatic rings. The van der Waals surface area contributed by atoms with Gasteiger partial charge in [0.25, 0.3) is 10.0 Å². The van der Waals surface area contributed by atoms with Crippen molar-refractivity contribution in [2.24, 2.45) is 0 Å². The van der Waals surface area contributed by atoms with E-state index in [1.807, 2.05) is 40.2 Å². The fourth-order valence-electron chi connectivity index (χ4n) is 3.91. The van der Waals surface area contributed by atoms with Crippen LogP contribution in [0.1, 0.15) is 17.2 Å². The summed E-state index contributed by atoms with van der Waals surface area (Å²) in [6.07, 6.45) is 2.04. The van der Waals surface area contributed by atoms with Gasteiger partial charge in [-0.2, -0.15) is 0 Å². The Labute approximate surface area is 223 Å². The highest BCUT2D eigenvalue weighted by atomic mass is 32.2. The van der Waals surface area contributed by atoms with Crippen LogP contribution in [0.3, 0.4) is 0 Å². The number of fused-ring (bicyclic) bond motifs is 1. The van der Waals surface area contributed by atoms with Crippen molar-refractivity contribution in [3.63, 3.8) is 0 Å². The number of imidazole rings is 1. The van der Waals surface area contributed by atoms with Crippen molar-refractivity contribution in [1.82, 2.24) is 19.4 Å². The Morgan fingerprint density at radius 2 is 1.76 bits per heavy atom. The van der Waals surface area contributed by atoms with E-state index in [1.54, 1.807) is 39.2 Å². The number of hydrogen-bond donors (Lipinski definition) is 2. The van der Waals surface area contributed by atoms with Crippen LogP contribution in [0.15, 0.2) is 71.1 Å². The van der Waals surface area contributed by atoms with Gasteiger partial charge in [-0.3, -0.25) is 13.9 Å². The molecule has 0 unspecified atom stereocenters. The number of nitrogens with zero attached hydrogens (tertiary/aromatic N) is 4. The largest absolute Gasteiger partial charge is 0.497 e. The van der Waals surface area contributed by atoms with Crippen LogP contribution in [0, 0.1) is 13.8 Å². The molecule has 12 heteroatoms. The minimum absolute atomic E-state index is 0.0495. The number of methoxy groups -OCH3 is 1. The van der Waals surface area contributed by atoms with E-state index in [1.165, 1.54) is 23.5 Å². The van der Waals surface area contributed by atoms with E-state index in [2.05, 4.69) is 25.0 Å². The second kappa shape index (κ2) is 10.2. The van der Waals surface area contributed by atoms with Crippen molar-refractivity contribution in [1.29, 1.82) is 0 Å². The van der Waals surface area contributed by atoms with E-state index in [4.69, 9.17) is 4.74 Å². The topological polar surface area (TPSA) is 128 Å². The highest BCUT2D eigenvalue weighted by Gasteiger charge is 2.17. The first-order chi connectivity index (χ1) is 18.2. The van der Waals surface area contributed by atoms with E-state index in [9.17, 15) is 13.2 Å². The number of carbonyl (C=O) groups is 1. The third kappa shape index (κ3) is 5.50. The summed E-state index contributed by atoms with van der Waals surface area (Å²) in [6.45, 7) is 3.45. The zero-order valence-corrected chi connectivity index (χ0v) is 22.4. The Bertz CT molecular complexity index is 1710. The lowest BCUT2D eigenvalue weighted by atomic mass is 10.2. The zero-order valence-electron chi connectivity index (χ0n) is 20.8. The van der Waals surface area contributed by atoms with E-state index in [0.717, 1.165) is 27.7 Å². The summed E-state index contributed by atoms with van der Waals surface area (Å²) in [7, 11) is -2.23. The van der Waals surface area contributed by atoms with Gasteiger partial charge in [0.1, 0.15) is 17.4 Å². The molecule has 5 rings (SSSR count). The molecule has 0 radical (unpaired) electrons. The van der Waals surface area contributed by atoms with Crippen molar-refractivity contribution >= 4 is 43.7 Å². The SMILES string of the molecule is COc1ccc(-c2cn3c(CC(=O)Nc4ccc(S(=O)(=O)Nc5cc(C)nc(C)n5)cc4)csc3n2)cc1. The lowest BCUT2D eigenvalue weighted by molar-refractivity contribution is -0.115. The number of hydrogen-bond acceptors (Lipinski definition) is 8. The van der Waals surface area contributed by atoms with Crippen LogP contribution >= 0.6 is 11.3 Å². The number of sulfonamides is 1. The first kappa shape index (κ1) is 25.4. The van der Waals surface area contributed by atoms with Crippen LogP contribution in [-0.4, -0.2) is 40.8 Å². The Morgan fingerprint density at radius 1 is 1.03 bits per heavy atom. The molecule has 0 atom stereocenters. The summed E-state index contributed by atoms with van der Waals surface area (Å²) in [5, 5.41) is 4.72. The second-order valence-corrected chi connectivity index (χ2v) is 11.0. The third-order valence-electron chi connectivity index (χ3n) is 5.66. The quantitative estimate of drug-likeness (QED) is 0.293. The lowest BCUT2D eigenvalue weighted by Crippen LogP contribution is -2.16. The summed E-state index contributed by atoms with van der Waals surface area (Å²) in [5.41, 5.74) is 3.70. The monoisotopic (exact) mass is 548 g/mol. The summed E-state index contributed by atoms with van der Waals surface area (Å²) in [6, 6.07) is 15.1. The molecular formula is C26H24N6O4S2. The third-order valence-corrected chi connectivity index (χ3v) is 7.92. The number of rotatable bonds is 8. The second-order valence-electron chi connectivity index (χ2n) is 8.53. The maximum absolute atomic E-state index is 12.8. The normalized spacial score (nSPS) is 11.4. The van der Waals surface area contributed by atoms with Gasteiger partial charge in [-0.25, -0.2) is 23.4 Å². The Kier molecular flexibility index (Phi) is 6.83. The molecule has 0 fully saturated rings. The number of anilines is 2. The molecule has 0 saturated heterocycles. The van der Waals surface area contributed by atoms with Gasteiger partial charge < -0.3 is 10.1 Å². The molecule has 10 nitrogen and oxygen atoms in total. The number of thiazole rings is 1. The van der Waals surface area contributed by atoms with Gasteiger partial charge in [-0.15, -0.1) is 11.3 Å². The van der Waals surface area contributed by atoms with Crippen LogP contribution < -0.4 is 14.8 Å². The Hall–Kier alpha value is -4.29. The van der Waals surface area contributed by atoms with Crippen molar-refractivity contribution < 1.29 is 17.9 Å². The summed E-state index contributed by atoms with van der Waals surface area (Å²) >= 11 is 1.46. The molecule has 1 amide bonds. The molecule has 0 spiro atoms. The van der Waals surface area contributed by atoms with Crippen molar-refractivity contribution in [3.8, 4) is 17.0 Å². The number of carbonyl (C=O) groups excluding carboxylic acids is 1. The minimum atomic E-state index is -3.85. The summed E-state index contributed by atoms with van der Waals surface area (Å²) < 4.78 is 35.1. The highest BCUT2D eigenvalue weighted by Crippen LogP contribution is 2.26. The van der Waals surface area contributed by atoms with Crippen molar-refractivity contribution in [3.05, 3.63) is 83.4 Å². The van der Waals surface area contributed by atoms with E-state index in [-0.39, 0.29) is 23.0 Å². The molecular weight excluding hydrogens is 524 g/mol. The molecule has 2 aromatic carbocycles. The number of amides is 1. The number of ether oxygens (including phenoxy) is 1. The molecule has 0 aliphatic heterocycles. The van der Waals surface area contributed by atoms with E-state index >= 15 is 0 Å². The van der Waals surface area contributed by atoms with Crippen molar-refractivity contribution in [2.75, 3.05) is 17.1 Å². The number of aromatic nitrogens is 4. The lowest BCUT2D eigenvalue weighted by Gasteiger charge is -2.10. The van der Waals surface area contributed by atoms with E-state index in [0.29, 0.717) is 17.2 Å². The molecule has 3 heterocycles. The average molecular weight is 549 g/mol. The Balaban J connectivity index is 1.25. The summed E-state index contributed by atoms with van der Waals surface area (Å²) in [4.78, 5) is 26.5. The zero-order chi connectivity index (χ0) is 26.9. The Morgan fingerprint density at radius 3 is 2.45 bits per heavy atom. The van der Waals surface area contributed by atoms with Gasteiger partial charge in [0.2, 0.25) is 5.91 Å². The maximum atomic E-state index is 12.8.